The highest BCUT2D eigenvalue weighted by molar-refractivity contribution is 5.91. The fourth-order valence-electron chi connectivity index (χ4n) is 2.77. The van der Waals surface area contributed by atoms with Crippen molar-refractivity contribution in [3.8, 4) is 0 Å². The second-order valence-corrected chi connectivity index (χ2v) is 5.99. The first kappa shape index (κ1) is 17.5. The number of ether oxygens (including phenoxy) is 1. The highest BCUT2D eigenvalue weighted by Crippen LogP contribution is 2.19. The largest absolute Gasteiger partial charge is 0.379 e. The molecule has 2 aromatic rings. The lowest BCUT2D eigenvalue weighted by molar-refractivity contribution is 0.0383. The molecule has 1 aliphatic heterocycles. The number of amides is 1. The standard InChI is InChI=1S/C17H22FN5O2/c1-13(14-4-2-3-5-15(14)18)23-12-16(20-21-23)17(24)19-6-7-22-8-10-25-11-9-22/h2-5,12-13H,6-11H2,1H3,(H,19,24)/t13-/m0/s1. The zero-order valence-electron chi connectivity index (χ0n) is 14.2. The Morgan fingerprint density at radius 1 is 1.36 bits per heavy atom. The number of benzene rings is 1. The second kappa shape index (κ2) is 8.17. The van der Waals surface area contributed by atoms with Crippen molar-refractivity contribution in [2.75, 3.05) is 39.4 Å². The number of carbonyl (C=O) groups is 1. The van der Waals surface area contributed by atoms with E-state index in [9.17, 15) is 9.18 Å². The van der Waals surface area contributed by atoms with Crippen molar-refractivity contribution in [3.05, 3.63) is 47.5 Å². The van der Waals surface area contributed by atoms with E-state index in [1.54, 1.807) is 24.4 Å². The van der Waals surface area contributed by atoms with Crippen molar-refractivity contribution in [1.29, 1.82) is 0 Å². The third-order valence-corrected chi connectivity index (χ3v) is 4.31. The van der Waals surface area contributed by atoms with Crippen LogP contribution in [0.5, 0.6) is 0 Å². The van der Waals surface area contributed by atoms with Crippen molar-refractivity contribution >= 4 is 5.91 Å². The van der Waals surface area contributed by atoms with Gasteiger partial charge in [0.1, 0.15) is 5.82 Å². The fourth-order valence-corrected chi connectivity index (χ4v) is 2.77. The molecule has 1 aliphatic rings. The topological polar surface area (TPSA) is 72.3 Å². The van der Waals surface area contributed by atoms with Gasteiger partial charge in [-0.05, 0) is 13.0 Å². The normalized spacial score (nSPS) is 16.6. The van der Waals surface area contributed by atoms with Crippen LogP contribution in [-0.2, 0) is 4.74 Å². The van der Waals surface area contributed by atoms with E-state index in [4.69, 9.17) is 4.74 Å². The van der Waals surface area contributed by atoms with E-state index in [1.807, 2.05) is 6.92 Å². The van der Waals surface area contributed by atoms with Gasteiger partial charge in [-0.25, -0.2) is 9.07 Å². The molecule has 1 saturated heterocycles. The van der Waals surface area contributed by atoms with Crippen molar-refractivity contribution in [2.45, 2.75) is 13.0 Å². The van der Waals surface area contributed by atoms with Crippen LogP contribution in [0.2, 0.25) is 0 Å². The smallest absolute Gasteiger partial charge is 0.273 e. The van der Waals surface area contributed by atoms with Crippen LogP contribution in [-0.4, -0.2) is 65.2 Å². The molecule has 0 aliphatic carbocycles. The minimum atomic E-state index is -0.344. The maximum absolute atomic E-state index is 13.9. The number of rotatable bonds is 6. The average Bonchev–Trinajstić information content (AvgIpc) is 3.13. The molecule has 1 aromatic heterocycles. The van der Waals surface area contributed by atoms with E-state index in [2.05, 4.69) is 20.5 Å². The van der Waals surface area contributed by atoms with Crippen molar-refractivity contribution in [1.82, 2.24) is 25.2 Å². The number of aromatic nitrogens is 3. The fraction of sp³-hybridized carbons (Fsp3) is 0.471. The highest BCUT2D eigenvalue weighted by Gasteiger charge is 2.17. The first-order valence-corrected chi connectivity index (χ1v) is 8.39. The maximum Gasteiger partial charge on any atom is 0.273 e. The Bertz CT molecular complexity index is 715. The van der Waals surface area contributed by atoms with E-state index in [-0.39, 0.29) is 23.5 Å². The van der Waals surface area contributed by atoms with Gasteiger partial charge in [0.05, 0.1) is 25.5 Å². The summed E-state index contributed by atoms with van der Waals surface area (Å²) in [6.07, 6.45) is 1.54. The molecule has 2 heterocycles. The van der Waals surface area contributed by atoms with Crippen LogP contribution < -0.4 is 5.32 Å². The molecule has 0 saturated carbocycles. The van der Waals surface area contributed by atoms with E-state index in [1.165, 1.54) is 10.7 Å². The summed E-state index contributed by atoms with van der Waals surface area (Å²) in [4.78, 5) is 14.4. The molecule has 7 nitrogen and oxygen atoms in total. The predicted molar refractivity (Wildman–Crippen MR) is 89.8 cm³/mol. The Morgan fingerprint density at radius 2 is 2.12 bits per heavy atom. The van der Waals surface area contributed by atoms with E-state index in [0.717, 1.165) is 32.8 Å². The van der Waals surface area contributed by atoms with Crippen LogP contribution in [0.3, 0.4) is 0 Å². The lowest BCUT2D eigenvalue weighted by Gasteiger charge is -2.26. The van der Waals surface area contributed by atoms with Crippen LogP contribution >= 0.6 is 0 Å². The van der Waals surface area contributed by atoms with Gasteiger partial charge in [-0.15, -0.1) is 5.10 Å². The Morgan fingerprint density at radius 3 is 2.88 bits per heavy atom. The third kappa shape index (κ3) is 4.40. The molecule has 1 atom stereocenters. The van der Waals surface area contributed by atoms with Gasteiger partial charge in [-0.2, -0.15) is 0 Å². The average molecular weight is 347 g/mol. The second-order valence-electron chi connectivity index (χ2n) is 5.99. The number of carbonyl (C=O) groups excluding carboxylic acids is 1. The molecular formula is C17H22FN5O2. The molecule has 8 heteroatoms. The molecule has 1 N–H and O–H groups in total. The maximum atomic E-state index is 13.9. The SMILES string of the molecule is C[C@@H](c1ccccc1F)n1cc(C(=O)NCCN2CCOCC2)nn1. The molecule has 1 amide bonds. The van der Waals surface area contributed by atoms with Gasteiger partial charge in [-0.3, -0.25) is 9.69 Å². The van der Waals surface area contributed by atoms with Crippen molar-refractivity contribution < 1.29 is 13.9 Å². The van der Waals surface area contributed by atoms with E-state index in [0.29, 0.717) is 12.1 Å². The summed E-state index contributed by atoms with van der Waals surface area (Å²) in [6.45, 7) is 6.35. The molecule has 134 valence electrons. The summed E-state index contributed by atoms with van der Waals surface area (Å²) in [5, 5.41) is 10.7. The summed E-state index contributed by atoms with van der Waals surface area (Å²) >= 11 is 0. The van der Waals surface area contributed by atoms with Gasteiger partial charge >= 0.3 is 0 Å². The summed E-state index contributed by atoms with van der Waals surface area (Å²) in [5.41, 5.74) is 0.733. The number of halogens is 1. The molecule has 1 fully saturated rings. The number of nitrogens with zero attached hydrogens (tertiary/aromatic N) is 4. The van der Waals surface area contributed by atoms with Gasteiger partial charge in [0.2, 0.25) is 0 Å². The Labute approximate surface area is 145 Å². The summed E-state index contributed by atoms with van der Waals surface area (Å²) in [6, 6.07) is 6.17. The summed E-state index contributed by atoms with van der Waals surface area (Å²) in [5.74, 6) is -0.581. The van der Waals surface area contributed by atoms with Crippen LogP contribution in [0.25, 0.3) is 0 Å². The quantitative estimate of drug-likeness (QED) is 0.847. The van der Waals surface area contributed by atoms with Gasteiger partial charge < -0.3 is 10.1 Å². The van der Waals surface area contributed by atoms with Crippen LogP contribution in [0.4, 0.5) is 4.39 Å². The van der Waals surface area contributed by atoms with Crippen molar-refractivity contribution in [2.24, 2.45) is 0 Å². The Kier molecular flexibility index (Phi) is 5.72. The Hall–Kier alpha value is -2.32. The van der Waals surface area contributed by atoms with Gasteiger partial charge in [0.25, 0.3) is 5.91 Å². The first-order chi connectivity index (χ1) is 12.1. The number of nitrogens with one attached hydrogen (secondary N) is 1. The third-order valence-electron chi connectivity index (χ3n) is 4.31. The molecule has 0 spiro atoms. The zero-order valence-corrected chi connectivity index (χ0v) is 14.2. The number of hydrogen-bond acceptors (Lipinski definition) is 5. The van der Waals surface area contributed by atoms with E-state index >= 15 is 0 Å². The number of hydrogen-bond donors (Lipinski definition) is 1. The molecule has 0 bridgehead atoms. The van der Waals surface area contributed by atoms with Crippen LogP contribution in [0, 0.1) is 5.82 Å². The Balaban J connectivity index is 1.55. The monoisotopic (exact) mass is 347 g/mol. The molecular weight excluding hydrogens is 325 g/mol. The van der Waals surface area contributed by atoms with Crippen LogP contribution in [0.1, 0.15) is 29.0 Å². The highest BCUT2D eigenvalue weighted by atomic mass is 19.1. The molecule has 1 aromatic carbocycles. The predicted octanol–water partition coefficient (Wildman–Crippen LogP) is 1.09. The van der Waals surface area contributed by atoms with E-state index < -0.39 is 0 Å². The molecule has 3 rings (SSSR count). The molecule has 0 radical (unpaired) electrons. The van der Waals surface area contributed by atoms with Crippen molar-refractivity contribution in [3.63, 3.8) is 0 Å². The van der Waals surface area contributed by atoms with Crippen LogP contribution in [0.15, 0.2) is 30.5 Å². The van der Waals surface area contributed by atoms with Gasteiger partial charge in [-0.1, -0.05) is 23.4 Å². The lowest BCUT2D eigenvalue weighted by Crippen LogP contribution is -2.41. The van der Waals surface area contributed by atoms with Gasteiger partial charge in [0.15, 0.2) is 5.69 Å². The van der Waals surface area contributed by atoms with Gasteiger partial charge in [0, 0.05) is 31.7 Å². The minimum Gasteiger partial charge on any atom is -0.379 e. The number of morpholine rings is 1. The summed E-state index contributed by atoms with van der Waals surface area (Å²) in [7, 11) is 0. The molecule has 0 unspecified atom stereocenters. The first-order valence-electron chi connectivity index (χ1n) is 8.39. The lowest BCUT2D eigenvalue weighted by atomic mass is 10.1. The zero-order chi connectivity index (χ0) is 17.6. The minimum absolute atomic E-state index is 0.227. The summed E-state index contributed by atoms with van der Waals surface area (Å²) < 4.78 is 20.7. The molecule has 25 heavy (non-hydrogen) atoms.